The number of carbonyl (C=O) groups is 2. The number of unbranched alkanes of at least 4 members (excludes halogenated alkanes) is 2. The van der Waals surface area contributed by atoms with E-state index in [1.165, 1.54) is 4.90 Å². The van der Waals surface area contributed by atoms with E-state index in [2.05, 4.69) is 6.07 Å². The fourth-order valence-electron chi connectivity index (χ4n) is 4.62. The molecule has 0 bridgehead atoms. The predicted molar refractivity (Wildman–Crippen MR) is 154 cm³/mol. The molecule has 0 saturated carbocycles. The van der Waals surface area contributed by atoms with Crippen molar-refractivity contribution >= 4 is 23.2 Å². The van der Waals surface area contributed by atoms with E-state index in [4.69, 9.17) is 19.7 Å². The molecule has 1 aliphatic heterocycles. The topological polar surface area (TPSA) is 92.5 Å². The Kier molecular flexibility index (Phi) is 8.53. The second kappa shape index (κ2) is 12.6. The Morgan fingerprint density at radius 1 is 0.825 bits per heavy atom. The van der Waals surface area contributed by atoms with E-state index in [9.17, 15) is 9.59 Å². The summed E-state index contributed by atoms with van der Waals surface area (Å²) in [4.78, 5) is 32.6. The zero-order valence-corrected chi connectivity index (χ0v) is 23.1. The van der Waals surface area contributed by atoms with Gasteiger partial charge in [0.25, 0.3) is 11.8 Å². The first-order valence-corrected chi connectivity index (χ1v) is 14.1. The summed E-state index contributed by atoms with van der Waals surface area (Å²) in [7, 11) is 0. The number of thiazole rings is 1. The summed E-state index contributed by atoms with van der Waals surface area (Å²) in [5, 5.41) is 9.79. The van der Waals surface area contributed by atoms with Crippen LogP contribution in [0.3, 0.4) is 0 Å². The van der Waals surface area contributed by atoms with Crippen molar-refractivity contribution in [3.8, 4) is 28.8 Å². The first-order valence-electron chi connectivity index (χ1n) is 13.3. The van der Waals surface area contributed by atoms with Gasteiger partial charge in [0.05, 0.1) is 46.7 Å². The minimum absolute atomic E-state index is 0.233. The SMILES string of the molecule is Cc1nc(-c2ccc(OCCCCCOc3ccc(C#N)cc3)cc2)c(CCN2C(=O)c3ccccc3C2=O)s1. The smallest absolute Gasteiger partial charge is 0.261 e. The third kappa shape index (κ3) is 6.22. The van der Waals surface area contributed by atoms with Gasteiger partial charge in [-0.3, -0.25) is 14.5 Å². The van der Waals surface area contributed by atoms with E-state index in [0.717, 1.165) is 51.9 Å². The number of ether oxygens (including phenoxy) is 2. The van der Waals surface area contributed by atoms with Crippen LogP contribution in [-0.2, 0) is 6.42 Å². The summed E-state index contributed by atoms with van der Waals surface area (Å²) in [6, 6.07) is 24.1. The zero-order chi connectivity index (χ0) is 27.9. The van der Waals surface area contributed by atoms with Crippen molar-refractivity contribution in [2.45, 2.75) is 32.6 Å². The Morgan fingerprint density at radius 2 is 1.40 bits per heavy atom. The van der Waals surface area contributed by atoms with E-state index >= 15 is 0 Å². The average Bonchev–Trinajstić information content (AvgIpc) is 3.48. The van der Waals surface area contributed by atoms with Crippen LogP contribution in [0.5, 0.6) is 11.5 Å². The molecule has 40 heavy (non-hydrogen) atoms. The maximum Gasteiger partial charge on any atom is 0.261 e. The van der Waals surface area contributed by atoms with Gasteiger partial charge < -0.3 is 9.47 Å². The molecule has 0 radical (unpaired) electrons. The van der Waals surface area contributed by atoms with E-state index < -0.39 is 0 Å². The Hall–Kier alpha value is -4.48. The van der Waals surface area contributed by atoms with Gasteiger partial charge in [0.15, 0.2) is 0 Å². The summed E-state index contributed by atoms with van der Waals surface area (Å²) in [6.07, 6.45) is 3.39. The van der Waals surface area contributed by atoms with E-state index in [0.29, 0.717) is 42.9 Å². The second-order valence-electron chi connectivity index (χ2n) is 9.48. The van der Waals surface area contributed by atoms with Crippen molar-refractivity contribution < 1.29 is 19.1 Å². The first-order chi connectivity index (χ1) is 19.5. The quantitative estimate of drug-likeness (QED) is 0.148. The molecule has 0 spiro atoms. The largest absolute Gasteiger partial charge is 0.494 e. The lowest BCUT2D eigenvalue weighted by molar-refractivity contribution is 0.0656. The highest BCUT2D eigenvalue weighted by atomic mass is 32.1. The number of benzene rings is 3. The lowest BCUT2D eigenvalue weighted by Crippen LogP contribution is -2.31. The van der Waals surface area contributed by atoms with Crippen molar-refractivity contribution in [2.24, 2.45) is 0 Å². The van der Waals surface area contributed by atoms with Gasteiger partial charge in [-0.05, 0) is 86.8 Å². The Labute approximate surface area is 237 Å². The summed E-state index contributed by atoms with van der Waals surface area (Å²) in [5.74, 6) is 1.11. The standard InChI is InChI=1S/C32H29N3O4S/c1-22-34-30(29(40-22)17-18-35-31(36)27-7-3-4-8-28(27)32(35)37)24-11-15-26(16-12-24)39-20-6-2-5-19-38-25-13-9-23(21-33)10-14-25/h3-4,7-16H,2,5-6,17-20H2,1H3. The van der Waals surface area contributed by atoms with Gasteiger partial charge in [0, 0.05) is 23.4 Å². The van der Waals surface area contributed by atoms with Crippen molar-refractivity contribution in [3.63, 3.8) is 0 Å². The third-order valence-corrected chi connectivity index (χ3v) is 7.71. The van der Waals surface area contributed by atoms with Crippen LogP contribution >= 0.6 is 11.3 Å². The Morgan fingerprint density at radius 3 is 1.98 bits per heavy atom. The average molecular weight is 552 g/mol. The predicted octanol–water partition coefficient (Wildman–Crippen LogP) is 6.46. The minimum Gasteiger partial charge on any atom is -0.494 e. The monoisotopic (exact) mass is 551 g/mol. The number of aryl methyl sites for hydroxylation is 1. The molecular formula is C32H29N3O4S. The molecule has 8 heteroatoms. The van der Waals surface area contributed by atoms with Crippen molar-refractivity contribution in [1.82, 2.24) is 9.88 Å². The van der Waals surface area contributed by atoms with Crippen LogP contribution in [0.2, 0.25) is 0 Å². The molecule has 5 rings (SSSR count). The summed E-state index contributed by atoms with van der Waals surface area (Å²) >= 11 is 1.59. The fourth-order valence-corrected chi connectivity index (χ4v) is 5.56. The molecule has 7 nitrogen and oxygen atoms in total. The first kappa shape index (κ1) is 27.1. The van der Waals surface area contributed by atoms with Gasteiger partial charge >= 0.3 is 0 Å². The number of amides is 2. The van der Waals surface area contributed by atoms with Crippen LogP contribution in [0.15, 0.2) is 72.8 Å². The van der Waals surface area contributed by atoms with E-state index in [1.807, 2.05) is 43.3 Å². The molecule has 4 aromatic rings. The molecule has 0 saturated heterocycles. The highest BCUT2D eigenvalue weighted by Gasteiger charge is 2.34. The normalized spacial score (nSPS) is 12.3. The number of hydrogen-bond donors (Lipinski definition) is 0. The Balaban J connectivity index is 1.08. The molecule has 0 unspecified atom stereocenters. The van der Waals surface area contributed by atoms with Gasteiger partial charge in [-0.2, -0.15) is 5.26 Å². The fraction of sp³-hybridized carbons (Fsp3) is 0.250. The van der Waals surface area contributed by atoms with E-state index in [-0.39, 0.29) is 11.8 Å². The van der Waals surface area contributed by atoms with Crippen molar-refractivity contribution in [2.75, 3.05) is 19.8 Å². The highest BCUT2D eigenvalue weighted by molar-refractivity contribution is 7.12. The number of nitriles is 1. The zero-order valence-electron chi connectivity index (χ0n) is 22.3. The molecule has 202 valence electrons. The molecular weight excluding hydrogens is 522 g/mol. The van der Waals surface area contributed by atoms with Gasteiger partial charge in [0.1, 0.15) is 11.5 Å². The maximum atomic E-state index is 12.7. The van der Waals surface area contributed by atoms with Crippen LogP contribution < -0.4 is 9.47 Å². The summed E-state index contributed by atoms with van der Waals surface area (Å²) in [5.41, 5.74) is 3.43. The highest BCUT2D eigenvalue weighted by Crippen LogP contribution is 2.31. The number of nitrogens with zero attached hydrogens (tertiary/aromatic N) is 3. The molecule has 1 aromatic heterocycles. The molecule has 1 aliphatic rings. The van der Waals surface area contributed by atoms with Crippen LogP contribution in [0, 0.1) is 18.3 Å². The lowest BCUT2D eigenvalue weighted by Gasteiger charge is -2.13. The van der Waals surface area contributed by atoms with Gasteiger partial charge in [0.2, 0.25) is 0 Å². The lowest BCUT2D eigenvalue weighted by atomic mass is 10.1. The maximum absolute atomic E-state index is 12.7. The van der Waals surface area contributed by atoms with Crippen LogP contribution in [0.1, 0.15) is 55.4 Å². The minimum atomic E-state index is -0.233. The van der Waals surface area contributed by atoms with E-state index in [1.54, 1.807) is 47.7 Å². The van der Waals surface area contributed by atoms with Crippen molar-refractivity contribution in [1.29, 1.82) is 5.26 Å². The van der Waals surface area contributed by atoms with Gasteiger partial charge in [-0.25, -0.2) is 4.98 Å². The molecule has 3 aromatic carbocycles. The molecule has 0 aliphatic carbocycles. The molecule has 2 amide bonds. The molecule has 2 heterocycles. The number of imide groups is 1. The number of aromatic nitrogens is 1. The summed E-state index contributed by atoms with van der Waals surface area (Å²) < 4.78 is 11.6. The van der Waals surface area contributed by atoms with Gasteiger partial charge in [-0.15, -0.1) is 11.3 Å². The number of fused-ring (bicyclic) bond motifs is 1. The van der Waals surface area contributed by atoms with Crippen molar-refractivity contribution in [3.05, 3.63) is 99.4 Å². The van der Waals surface area contributed by atoms with Gasteiger partial charge in [-0.1, -0.05) is 12.1 Å². The van der Waals surface area contributed by atoms with Crippen LogP contribution in [-0.4, -0.2) is 41.5 Å². The molecule has 0 fully saturated rings. The Bertz CT molecular complexity index is 1500. The van der Waals surface area contributed by atoms with Crippen LogP contribution in [0.4, 0.5) is 0 Å². The summed E-state index contributed by atoms with van der Waals surface area (Å²) in [6.45, 7) is 3.54. The second-order valence-corrected chi connectivity index (χ2v) is 10.8. The number of hydrogen-bond acceptors (Lipinski definition) is 7. The number of rotatable bonds is 12. The third-order valence-electron chi connectivity index (χ3n) is 6.68. The van der Waals surface area contributed by atoms with Crippen LogP contribution in [0.25, 0.3) is 11.3 Å². The molecule has 0 N–H and O–H groups in total. The number of carbonyl (C=O) groups excluding carboxylic acids is 2. The molecule has 0 atom stereocenters.